The van der Waals surface area contributed by atoms with Crippen molar-refractivity contribution in [1.29, 1.82) is 0 Å². The smallest absolute Gasteiger partial charge is 0.407 e. The van der Waals surface area contributed by atoms with Gasteiger partial charge in [0.25, 0.3) is 11.8 Å². The molecule has 0 radical (unpaired) electrons. The minimum atomic E-state index is -1.63. The molecular weight excluding hydrogens is 961 g/mol. The number of alkyl carbamates (subject to hydrolysis) is 3. The number of carbonyl (C=O) groups is 5. The van der Waals surface area contributed by atoms with Crippen LogP contribution in [0.15, 0.2) is 14.2 Å². The summed E-state index contributed by atoms with van der Waals surface area (Å²) in [5, 5.41) is 66.3. The molecule has 12 N–H and O–H groups in total. The number of oxime groups is 1. The molecule has 0 bridgehead atoms. The molecule has 3 amide bonds. The van der Waals surface area contributed by atoms with E-state index in [0.717, 1.165) is 38.5 Å². The van der Waals surface area contributed by atoms with E-state index in [1.54, 1.807) is 76.2 Å². The molecule has 0 spiro atoms. The first-order valence-corrected chi connectivity index (χ1v) is 24.7. The molecule has 0 saturated heterocycles. The van der Waals surface area contributed by atoms with E-state index >= 15 is 0 Å². The molecule has 2 heterocycles. The third-order valence-corrected chi connectivity index (χ3v) is 10.5. The zero-order valence-electron chi connectivity index (χ0n) is 44.5. The number of nitrogens with one attached hydrogen (secondary N) is 3. The lowest BCUT2D eigenvalue weighted by atomic mass is 10.1. The molecule has 0 aliphatic heterocycles. The quantitative estimate of drug-likeness (QED) is 0.0302. The topological polar surface area (TPSA) is 402 Å². The lowest BCUT2D eigenvalue weighted by Gasteiger charge is -2.24. The maximum atomic E-state index is 11.8. The van der Waals surface area contributed by atoms with Gasteiger partial charge in [0.1, 0.15) is 28.7 Å². The number of ether oxygens (including phenoxy) is 3. The van der Waals surface area contributed by atoms with Crippen molar-refractivity contribution in [2.45, 2.75) is 231 Å². The fourth-order valence-corrected chi connectivity index (χ4v) is 5.86. The van der Waals surface area contributed by atoms with Gasteiger partial charge < -0.3 is 81.0 Å². The monoisotopic (exact) mass is 1040 g/mol. The summed E-state index contributed by atoms with van der Waals surface area (Å²) in [5.74, 6) is 0.598. The number of amidine groups is 1. The normalized spacial score (nSPS) is 18.0. The number of hydrogen-bond donors (Lipinski definition) is 10. The van der Waals surface area contributed by atoms with Crippen LogP contribution in [0.3, 0.4) is 0 Å². The Labute approximate surface area is 426 Å². The molecule has 5 rings (SSSR count). The Hall–Kier alpha value is -5.70. The first kappa shape index (κ1) is 63.4. The van der Waals surface area contributed by atoms with E-state index in [-0.39, 0.29) is 29.6 Å². The van der Waals surface area contributed by atoms with Crippen molar-refractivity contribution in [2.75, 3.05) is 0 Å². The Morgan fingerprint density at radius 3 is 1.32 bits per heavy atom. The SMILES string of the molecule is CC[C@H](N)C(O)c1nc(C2CC2)no1.CC[C@H](NC(=O)OC(C)(C)C)C(O)C(=O)O.CC[C@H](NC(=O)OC(C)(C)C)C(O)C(=O)O/N=C(\N)C1CC1.CC[C@H](NC(=O)OC(C)(C)C)C(O)c1nc(C2CC2)no1. The van der Waals surface area contributed by atoms with Gasteiger partial charge in [-0.3, -0.25) is 0 Å². The second-order valence-corrected chi connectivity index (χ2v) is 20.9. The van der Waals surface area contributed by atoms with Gasteiger partial charge in [0.2, 0.25) is 0 Å². The summed E-state index contributed by atoms with van der Waals surface area (Å²) in [4.78, 5) is 70.0. The van der Waals surface area contributed by atoms with Crippen molar-refractivity contribution in [3.05, 3.63) is 23.4 Å². The molecule has 8 atom stereocenters. The number of amides is 3. The predicted molar refractivity (Wildman–Crippen MR) is 261 cm³/mol. The Morgan fingerprint density at radius 2 is 0.986 bits per heavy atom. The Morgan fingerprint density at radius 1 is 0.616 bits per heavy atom. The maximum Gasteiger partial charge on any atom is 0.407 e. The number of carboxylic acids is 1. The van der Waals surface area contributed by atoms with E-state index in [1.807, 2.05) is 13.8 Å². The van der Waals surface area contributed by atoms with E-state index < -0.39 is 89.6 Å². The minimum Gasteiger partial charge on any atom is -0.479 e. The van der Waals surface area contributed by atoms with E-state index in [1.165, 1.54) is 0 Å². The lowest BCUT2D eigenvalue weighted by molar-refractivity contribution is -0.155. The second kappa shape index (κ2) is 28.7. The number of carboxylic acid groups (broad SMARTS) is 1. The molecular formula is C47H82N10O16. The number of hydrogen-bond acceptors (Lipinski definition) is 21. The van der Waals surface area contributed by atoms with Crippen molar-refractivity contribution in [1.82, 2.24) is 36.2 Å². The number of rotatable bonds is 19. The number of nitrogens with two attached hydrogens (primary N) is 2. The van der Waals surface area contributed by atoms with E-state index in [2.05, 4.69) is 46.2 Å². The fraction of sp³-hybridized carbons (Fsp3) is 0.787. The van der Waals surface area contributed by atoms with Crippen LogP contribution < -0.4 is 27.4 Å². The number of aliphatic hydroxyl groups is 4. The molecule has 26 heteroatoms. The van der Waals surface area contributed by atoms with E-state index in [4.69, 9.17) is 39.8 Å². The molecule has 73 heavy (non-hydrogen) atoms. The maximum absolute atomic E-state index is 11.8. The summed E-state index contributed by atoms with van der Waals surface area (Å²) in [6.07, 6.45) is 0.943. The van der Waals surface area contributed by atoms with Gasteiger partial charge in [-0.1, -0.05) is 43.2 Å². The highest BCUT2D eigenvalue weighted by atomic mass is 16.7. The number of aliphatic carboxylic acids is 1. The molecule has 416 valence electrons. The zero-order chi connectivity index (χ0) is 55.6. The summed E-state index contributed by atoms with van der Waals surface area (Å²) >= 11 is 0. The third kappa shape index (κ3) is 24.7. The van der Waals surface area contributed by atoms with Gasteiger partial charge in [0.15, 0.2) is 30.0 Å². The summed E-state index contributed by atoms with van der Waals surface area (Å²) in [6, 6.07) is -2.55. The molecule has 0 aromatic carbocycles. The van der Waals surface area contributed by atoms with Gasteiger partial charge in [0, 0.05) is 23.8 Å². The summed E-state index contributed by atoms with van der Waals surface area (Å²) < 4.78 is 25.3. The first-order valence-electron chi connectivity index (χ1n) is 24.7. The van der Waals surface area contributed by atoms with Crippen molar-refractivity contribution in [2.24, 2.45) is 22.5 Å². The highest BCUT2D eigenvalue weighted by Gasteiger charge is 2.35. The van der Waals surface area contributed by atoms with Crippen LogP contribution in [0.1, 0.15) is 202 Å². The average Bonchev–Trinajstić information content (AvgIpc) is 4.24. The van der Waals surface area contributed by atoms with Gasteiger partial charge in [-0.25, -0.2) is 24.0 Å². The molecule has 2 aromatic heterocycles. The molecule has 3 aliphatic rings. The summed E-state index contributed by atoms with van der Waals surface area (Å²) in [5.41, 5.74) is 9.35. The highest BCUT2D eigenvalue weighted by Crippen LogP contribution is 2.39. The lowest BCUT2D eigenvalue weighted by Crippen LogP contribution is -2.48. The standard InChI is InChI=1S/C14H25N3O5.C14H23N3O4.C10H19NO5.C9H15N3O2/c1-5-9(16-13(20)21-14(2,3)4)10(18)12(19)22-17-11(15)8-6-7-8;1-5-9(15-13(19)20-14(2,3)4)10(18)12-16-11(17-21-12)8-6-7-8;1-5-6(7(12)8(13)14)11-9(15)16-10(2,3)4;1-2-6(10)7(13)9-11-8(12-14-9)5-3-4-5/h8-10,18H,5-7H2,1-4H3,(H2,15,17)(H,16,20);8-10,18H,5-7H2,1-4H3,(H,15,19);6-7,12H,5H2,1-4H3,(H,11,15)(H,13,14);5-7,13H,2-4,10H2,1H3/t2*9-,10?;2*6-,7?/m0000/s1. The van der Waals surface area contributed by atoms with Crippen LogP contribution in [-0.4, -0.2) is 135 Å². The Kier molecular flexibility index (Phi) is 24.9. The molecule has 3 saturated carbocycles. The van der Waals surface area contributed by atoms with Crippen LogP contribution in [0.5, 0.6) is 0 Å². The van der Waals surface area contributed by atoms with Gasteiger partial charge in [0.05, 0.1) is 18.1 Å². The highest BCUT2D eigenvalue weighted by molar-refractivity contribution is 5.85. The van der Waals surface area contributed by atoms with Crippen molar-refractivity contribution in [3.63, 3.8) is 0 Å². The van der Waals surface area contributed by atoms with Gasteiger partial charge >= 0.3 is 30.2 Å². The minimum absolute atomic E-state index is 0.139. The second-order valence-electron chi connectivity index (χ2n) is 20.9. The summed E-state index contributed by atoms with van der Waals surface area (Å²) in [6.45, 7) is 22.7. The molecule has 3 aliphatic carbocycles. The van der Waals surface area contributed by atoms with Gasteiger partial charge in [-0.15, -0.1) is 0 Å². The van der Waals surface area contributed by atoms with Crippen LogP contribution in [0.4, 0.5) is 14.4 Å². The van der Waals surface area contributed by atoms with Crippen molar-refractivity contribution >= 4 is 36.1 Å². The molecule has 4 unspecified atom stereocenters. The van der Waals surface area contributed by atoms with Crippen LogP contribution in [-0.2, 0) is 28.6 Å². The third-order valence-electron chi connectivity index (χ3n) is 10.5. The summed E-state index contributed by atoms with van der Waals surface area (Å²) in [7, 11) is 0. The molecule has 2 aromatic rings. The Bertz CT molecular complexity index is 2070. The largest absolute Gasteiger partial charge is 0.479 e. The first-order chi connectivity index (χ1) is 33.8. The number of carbonyl (C=O) groups excluding carboxylic acids is 4. The van der Waals surface area contributed by atoms with Gasteiger partial charge in [-0.2, -0.15) is 9.97 Å². The van der Waals surface area contributed by atoms with Crippen LogP contribution >= 0.6 is 0 Å². The molecule has 26 nitrogen and oxygen atoms in total. The van der Waals surface area contributed by atoms with Crippen LogP contribution in [0.25, 0.3) is 0 Å². The Balaban J connectivity index is 0.000000338. The number of aromatic nitrogens is 4. The van der Waals surface area contributed by atoms with Crippen LogP contribution in [0, 0.1) is 5.92 Å². The molecule has 3 fully saturated rings. The fourth-order valence-electron chi connectivity index (χ4n) is 5.86. The average molecular weight is 1040 g/mol. The zero-order valence-corrected chi connectivity index (χ0v) is 44.5. The van der Waals surface area contributed by atoms with E-state index in [0.29, 0.717) is 49.2 Å². The van der Waals surface area contributed by atoms with Crippen molar-refractivity contribution < 1.29 is 77.6 Å². The van der Waals surface area contributed by atoms with Crippen molar-refractivity contribution in [3.8, 4) is 0 Å². The van der Waals surface area contributed by atoms with Crippen LogP contribution in [0.2, 0.25) is 0 Å². The number of aliphatic hydroxyl groups excluding tert-OH is 4. The van der Waals surface area contributed by atoms with Gasteiger partial charge in [-0.05, 0) is 127 Å². The number of nitrogens with zero attached hydrogens (tertiary/aromatic N) is 5. The van der Waals surface area contributed by atoms with E-state index in [9.17, 15) is 44.4 Å². The predicted octanol–water partition coefficient (Wildman–Crippen LogP) is 4.61.